The van der Waals surface area contributed by atoms with Crippen molar-refractivity contribution in [1.82, 2.24) is 24.7 Å². The van der Waals surface area contributed by atoms with E-state index < -0.39 is 11.7 Å². The van der Waals surface area contributed by atoms with Crippen LogP contribution in [0.5, 0.6) is 0 Å². The second kappa shape index (κ2) is 10.2. The van der Waals surface area contributed by atoms with Gasteiger partial charge in [-0.1, -0.05) is 20.3 Å². The second-order valence-corrected chi connectivity index (χ2v) is 13.7. The molecule has 10 heteroatoms. The van der Waals surface area contributed by atoms with E-state index in [0.717, 1.165) is 57.5 Å². The third-order valence-corrected chi connectivity index (χ3v) is 10.9. The van der Waals surface area contributed by atoms with Crippen LogP contribution in [0, 0.1) is 23.2 Å². The first-order valence-electron chi connectivity index (χ1n) is 14.3. The number of alkyl halides is 3. The first-order chi connectivity index (χ1) is 18.1. The van der Waals surface area contributed by atoms with Crippen LogP contribution in [0.3, 0.4) is 0 Å². The third kappa shape index (κ3) is 4.84. The normalized spacial score (nSPS) is 35.0. The number of fused-ring (bicyclic) bond motifs is 1. The molecule has 2 aliphatic heterocycles. The monoisotopic (exact) mass is 551 g/mol. The van der Waals surface area contributed by atoms with Gasteiger partial charge in [0.05, 0.1) is 22.3 Å². The topological polar surface area (TPSA) is 53.7 Å². The summed E-state index contributed by atoms with van der Waals surface area (Å²) in [5, 5.41) is 0.351. The first-order valence-corrected chi connectivity index (χ1v) is 15.3. The molecular weight excluding hydrogens is 511 g/mol. The largest absolute Gasteiger partial charge is 0.418 e. The van der Waals surface area contributed by atoms with Gasteiger partial charge in [0.2, 0.25) is 0 Å². The summed E-state index contributed by atoms with van der Waals surface area (Å²) in [5.41, 5.74) is 6.43. The van der Waals surface area contributed by atoms with Gasteiger partial charge in [-0.2, -0.15) is 13.2 Å². The molecule has 2 saturated heterocycles. The van der Waals surface area contributed by atoms with Crippen LogP contribution < -0.4 is 16.5 Å². The fourth-order valence-electron chi connectivity index (χ4n) is 8.08. The van der Waals surface area contributed by atoms with Crippen LogP contribution in [0.2, 0.25) is 0 Å². The summed E-state index contributed by atoms with van der Waals surface area (Å²) in [7, 11) is 0. The van der Waals surface area contributed by atoms with Gasteiger partial charge in [0, 0.05) is 31.5 Å². The Kier molecular flexibility index (Phi) is 7.15. The minimum atomic E-state index is -4.52. The maximum atomic E-state index is 14.2. The molecule has 4 heterocycles. The van der Waals surface area contributed by atoms with Crippen molar-refractivity contribution in [3.63, 3.8) is 0 Å². The summed E-state index contributed by atoms with van der Waals surface area (Å²) in [5.74, 6) is 2.57. The van der Waals surface area contributed by atoms with Gasteiger partial charge >= 0.3 is 11.9 Å². The zero-order valence-corrected chi connectivity index (χ0v) is 23.2. The van der Waals surface area contributed by atoms with Crippen molar-refractivity contribution in [2.75, 3.05) is 19.0 Å². The Bertz CT molecular complexity index is 1210. The molecule has 0 aromatic carbocycles. The lowest BCUT2D eigenvalue weighted by Gasteiger charge is -2.56. The van der Waals surface area contributed by atoms with Crippen molar-refractivity contribution in [3.05, 3.63) is 40.1 Å². The van der Waals surface area contributed by atoms with E-state index in [9.17, 15) is 18.0 Å². The molecule has 0 bridgehead atoms. The molecule has 3 unspecified atom stereocenters. The fourth-order valence-corrected chi connectivity index (χ4v) is 9.29. The minimum absolute atomic E-state index is 0.0235. The number of piperidine rings is 1. The maximum absolute atomic E-state index is 14.2. The van der Waals surface area contributed by atoms with Gasteiger partial charge in [-0.05, 0) is 86.3 Å². The van der Waals surface area contributed by atoms with Crippen LogP contribution in [-0.2, 0) is 12.7 Å². The van der Waals surface area contributed by atoms with Crippen molar-refractivity contribution in [3.8, 4) is 0 Å². The lowest BCUT2D eigenvalue weighted by molar-refractivity contribution is -0.136. The smallest absolute Gasteiger partial charge is 0.299 e. The Hall–Kier alpha value is -1.49. The van der Waals surface area contributed by atoms with Gasteiger partial charge in [0.1, 0.15) is 0 Å². The molecule has 0 amide bonds. The number of hydrogen-bond donors (Lipinski definition) is 2. The Morgan fingerprint density at radius 2 is 1.92 bits per heavy atom. The van der Waals surface area contributed by atoms with Crippen LogP contribution in [0.25, 0.3) is 5.52 Å². The highest BCUT2D eigenvalue weighted by Crippen LogP contribution is 2.60. The van der Waals surface area contributed by atoms with Crippen molar-refractivity contribution in [1.29, 1.82) is 0 Å². The number of hydrazine groups is 1. The SMILES string of the molecule is CC1CC(C2CCCC(n3cc4c(C(F)(F)F)cc(CN5CCC[C@H](C)C5)cn4c3=O)C2)(C2NNCS2)C1. The van der Waals surface area contributed by atoms with Gasteiger partial charge in [0.15, 0.2) is 0 Å². The minimum Gasteiger partial charge on any atom is -0.299 e. The number of likely N-dealkylation sites (tertiary alicyclic amines) is 1. The molecule has 6 nitrogen and oxygen atoms in total. The number of imidazole rings is 1. The quantitative estimate of drug-likeness (QED) is 0.505. The van der Waals surface area contributed by atoms with Gasteiger partial charge in [-0.25, -0.2) is 15.6 Å². The van der Waals surface area contributed by atoms with E-state index in [0.29, 0.717) is 35.2 Å². The molecule has 2 aliphatic carbocycles. The summed E-state index contributed by atoms with van der Waals surface area (Å²) in [6.45, 7) is 6.69. The summed E-state index contributed by atoms with van der Waals surface area (Å²) in [6.07, 6.45) is 6.98. The molecule has 2 N–H and O–H groups in total. The molecule has 4 atom stereocenters. The molecule has 210 valence electrons. The predicted molar refractivity (Wildman–Crippen MR) is 145 cm³/mol. The standard InChI is InChI=1S/C28H40F3N5OS/c1-18-5-4-8-34(13-18)14-20-9-23(28(29,30)31)24-16-35(26(37)36(24)15-20)22-7-3-6-21(10-22)27(11-19(2)12-27)25-33-32-17-38-25/h9,15-16,18-19,21-22,25,32-33H,3-8,10-14,17H2,1-2H3/t18-,19?,21?,22?,25?,27?/m0/s1. The average molecular weight is 552 g/mol. The van der Waals surface area contributed by atoms with Gasteiger partial charge in [-0.3, -0.25) is 13.9 Å². The van der Waals surface area contributed by atoms with Crippen LogP contribution in [0.1, 0.15) is 82.4 Å². The Morgan fingerprint density at radius 3 is 2.61 bits per heavy atom. The van der Waals surface area contributed by atoms with Gasteiger partial charge in [0.25, 0.3) is 0 Å². The molecule has 4 fully saturated rings. The number of hydrogen-bond acceptors (Lipinski definition) is 5. The second-order valence-electron chi connectivity index (χ2n) is 12.6. The average Bonchev–Trinajstić information content (AvgIpc) is 3.50. The lowest BCUT2D eigenvalue weighted by atomic mass is 9.53. The number of pyridine rings is 1. The molecule has 0 radical (unpaired) electrons. The number of rotatable bonds is 5. The van der Waals surface area contributed by atoms with Crippen LogP contribution in [0.15, 0.2) is 23.3 Å². The molecule has 0 spiro atoms. The zero-order valence-electron chi connectivity index (χ0n) is 22.4. The van der Waals surface area contributed by atoms with Crippen molar-refractivity contribution in [2.24, 2.45) is 23.2 Å². The first kappa shape index (κ1) is 26.7. The Balaban J connectivity index is 1.32. The molecule has 4 aliphatic rings. The van der Waals surface area contributed by atoms with E-state index in [1.165, 1.54) is 29.5 Å². The number of nitrogens with one attached hydrogen (secondary N) is 2. The molecule has 6 rings (SSSR count). The number of aromatic nitrogens is 2. The van der Waals surface area contributed by atoms with Crippen LogP contribution in [0.4, 0.5) is 13.2 Å². The summed E-state index contributed by atoms with van der Waals surface area (Å²) in [6, 6.07) is 1.20. The number of thioether (sulfide) groups is 1. The van der Waals surface area contributed by atoms with E-state index in [-0.39, 0.29) is 22.7 Å². The Morgan fingerprint density at radius 1 is 1.11 bits per heavy atom. The highest BCUT2D eigenvalue weighted by molar-refractivity contribution is 8.00. The van der Waals surface area contributed by atoms with Crippen molar-refractivity contribution in [2.45, 2.75) is 89.4 Å². The van der Waals surface area contributed by atoms with Gasteiger partial charge in [-0.15, -0.1) is 11.8 Å². The van der Waals surface area contributed by atoms with Gasteiger partial charge < -0.3 is 0 Å². The third-order valence-electron chi connectivity index (χ3n) is 9.69. The summed E-state index contributed by atoms with van der Waals surface area (Å²) < 4.78 is 45.7. The maximum Gasteiger partial charge on any atom is 0.418 e. The van der Waals surface area contributed by atoms with E-state index in [4.69, 9.17) is 0 Å². The summed E-state index contributed by atoms with van der Waals surface area (Å²) in [4.78, 5) is 15.9. The number of nitrogens with zero attached hydrogens (tertiary/aromatic N) is 3. The van der Waals surface area contributed by atoms with Crippen LogP contribution >= 0.6 is 11.8 Å². The fraction of sp³-hybridized carbons (Fsp3) is 0.750. The van der Waals surface area contributed by atoms with E-state index in [1.807, 2.05) is 11.8 Å². The molecule has 2 aromatic rings. The Labute approximate surface area is 226 Å². The summed E-state index contributed by atoms with van der Waals surface area (Å²) >= 11 is 1.92. The zero-order chi connectivity index (χ0) is 26.7. The molecular formula is C28H40F3N5OS. The van der Waals surface area contributed by atoms with E-state index in [2.05, 4.69) is 29.6 Å². The predicted octanol–water partition coefficient (Wildman–Crippen LogP) is 5.62. The lowest BCUT2D eigenvalue weighted by Crippen LogP contribution is -2.55. The van der Waals surface area contributed by atoms with Crippen LogP contribution in [-0.4, -0.2) is 38.2 Å². The molecule has 2 saturated carbocycles. The van der Waals surface area contributed by atoms with E-state index in [1.54, 1.807) is 10.8 Å². The van der Waals surface area contributed by atoms with Crippen molar-refractivity contribution < 1.29 is 13.2 Å². The highest BCUT2D eigenvalue weighted by atomic mass is 32.2. The number of halogens is 3. The van der Waals surface area contributed by atoms with E-state index >= 15 is 0 Å². The molecule has 2 aromatic heterocycles. The van der Waals surface area contributed by atoms with Crippen molar-refractivity contribution >= 4 is 17.3 Å². The molecule has 38 heavy (non-hydrogen) atoms. The highest BCUT2D eigenvalue weighted by Gasteiger charge is 2.54.